The normalized spacial score (nSPS) is 10.5. The predicted molar refractivity (Wildman–Crippen MR) is 102 cm³/mol. The van der Waals surface area contributed by atoms with E-state index in [1.54, 1.807) is 0 Å². The lowest BCUT2D eigenvalue weighted by Crippen LogP contribution is -2.16. The number of ketones is 1. The third kappa shape index (κ3) is 7.90. The molecule has 0 aliphatic carbocycles. The maximum absolute atomic E-state index is 12.5. The molecule has 1 aromatic carbocycles. The second-order valence-corrected chi connectivity index (χ2v) is 6.96. The van der Waals surface area contributed by atoms with Gasteiger partial charge >= 0.3 is 17.9 Å². The molecule has 7 heteroatoms. The minimum atomic E-state index is -0.569. The van der Waals surface area contributed by atoms with Crippen LogP contribution in [0, 0.1) is 5.92 Å². The molecule has 0 spiro atoms. The molecule has 0 unspecified atom stereocenters. The molecule has 0 heterocycles. The van der Waals surface area contributed by atoms with Crippen molar-refractivity contribution in [3.63, 3.8) is 0 Å². The molecule has 0 aliphatic rings. The van der Waals surface area contributed by atoms with Crippen molar-refractivity contribution in [3.05, 3.63) is 23.3 Å². The molecule has 0 fully saturated rings. The lowest BCUT2D eigenvalue weighted by Gasteiger charge is -2.17. The van der Waals surface area contributed by atoms with E-state index in [0.717, 1.165) is 12.8 Å². The average molecular weight is 392 g/mol. The van der Waals surface area contributed by atoms with Crippen LogP contribution in [0.2, 0.25) is 0 Å². The van der Waals surface area contributed by atoms with Crippen molar-refractivity contribution in [2.45, 2.75) is 59.8 Å². The van der Waals surface area contributed by atoms with E-state index in [1.807, 2.05) is 0 Å². The molecule has 0 aliphatic heterocycles. The monoisotopic (exact) mass is 392 g/mol. The van der Waals surface area contributed by atoms with E-state index >= 15 is 0 Å². The largest absolute Gasteiger partial charge is 0.469 e. The standard InChI is InChI=1S/C21H28O7/c1-13(2)7-6-8-16(24)11-17-18(12-21(25)26-5)20(28-15(4)23)10-9-19(17)27-14(3)22/h9-10,13H,6-8,11-12H2,1-5H3. The van der Waals surface area contributed by atoms with Gasteiger partial charge in [-0.25, -0.2) is 0 Å². The fourth-order valence-corrected chi connectivity index (χ4v) is 2.75. The van der Waals surface area contributed by atoms with Crippen LogP contribution in [0.4, 0.5) is 0 Å². The summed E-state index contributed by atoms with van der Waals surface area (Å²) in [5, 5.41) is 0. The van der Waals surface area contributed by atoms with E-state index in [4.69, 9.17) is 14.2 Å². The van der Waals surface area contributed by atoms with Crippen molar-refractivity contribution >= 4 is 23.7 Å². The van der Waals surface area contributed by atoms with Gasteiger partial charge in [0.1, 0.15) is 17.3 Å². The Labute approximate surface area is 165 Å². The minimum Gasteiger partial charge on any atom is -0.469 e. The minimum absolute atomic E-state index is 0.0395. The molecule has 0 saturated carbocycles. The van der Waals surface area contributed by atoms with Gasteiger partial charge in [0.25, 0.3) is 0 Å². The number of benzene rings is 1. The van der Waals surface area contributed by atoms with Crippen LogP contribution in [0.1, 0.15) is 58.1 Å². The van der Waals surface area contributed by atoms with Crippen molar-refractivity contribution in [1.82, 2.24) is 0 Å². The molecule has 0 aromatic heterocycles. The molecular formula is C21H28O7. The first-order valence-electron chi connectivity index (χ1n) is 9.24. The zero-order valence-electron chi connectivity index (χ0n) is 17.1. The van der Waals surface area contributed by atoms with Crippen LogP contribution in [0.5, 0.6) is 11.5 Å². The van der Waals surface area contributed by atoms with Crippen LogP contribution < -0.4 is 9.47 Å². The Hall–Kier alpha value is -2.70. The molecular weight excluding hydrogens is 364 g/mol. The van der Waals surface area contributed by atoms with E-state index in [9.17, 15) is 19.2 Å². The molecule has 28 heavy (non-hydrogen) atoms. The van der Waals surface area contributed by atoms with Crippen molar-refractivity contribution < 1.29 is 33.4 Å². The summed E-state index contributed by atoms with van der Waals surface area (Å²) in [6, 6.07) is 2.89. The van der Waals surface area contributed by atoms with Crippen molar-refractivity contribution in [1.29, 1.82) is 0 Å². The summed E-state index contributed by atoms with van der Waals surface area (Å²) in [5.41, 5.74) is 0.659. The molecule has 0 atom stereocenters. The zero-order chi connectivity index (χ0) is 21.3. The van der Waals surface area contributed by atoms with Crippen molar-refractivity contribution in [3.8, 4) is 11.5 Å². The van der Waals surface area contributed by atoms with Gasteiger partial charge in [-0.1, -0.05) is 20.3 Å². The molecule has 1 aromatic rings. The first-order chi connectivity index (χ1) is 13.1. The molecule has 0 N–H and O–H groups in total. The third-order valence-electron chi connectivity index (χ3n) is 4.01. The molecule has 0 bridgehead atoms. The van der Waals surface area contributed by atoms with Crippen LogP contribution in [-0.4, -0.2) is 30.8 Å². The van der Waals surface area contributed by atoms with Crippen molar-refractivity contribution in [2.75, 3.05) is 7.11 Å². The van der Waals surface area contributed by atoms with Gasteiger partial charge in [0.15, 0.2) is 0 Å². The fourth-order valence-electron chi connectivity index (χ4n) is 2.75. The van der Waals surface area contributed by atoms with Gasteiger partial charge in [0.2, 0.25) is 0 Å². The Kier molecular flexibility index (Phi) is 9.35. The number of hydrogen-bond acceptors (Lipinski definition) is 7. The Balaban J connectivity index is 3.30. The van der Waals surface area contributed by atoms with Crippen LogP contribution in [0.25, 0.3) is 0 Å². The number of Topliss-reactive ketones (excluding diaryl/α,β-unsaturated/α-hetero) is 1. The van der Waals surface area contributed by atoms with Crippen LogP contribution in [-0.2, 0) is 36.8 Å². The van der Waals surface area contributed by atoms with E-state index < -0.39 is 17.9 Å². The van der Waals surface area contributed by atoms with Crippen LogP contribution in [0.15, 0.2) is 12.1 Å². The summed E-state index contributed by atoms with van der Waals surface area (Å²) in [6.07, 6.45) is 1.78. The fraction of sp³-hybridized carbons (Fsp3) is 0.524. The van der Waals surface area contributed by atoms with Gasteiger partial charge < -0.3 is 14.2 Å². The Bertz CT molecular complexity index is 735. The quantitative estimate of drug-likeness (QED) is 0.446. The summed E-state index contributed by atoms with van der Waals surface area (Å²) >= 11 is 0. The molecule has 7 nitrogen and oxygen atoms in total. The highest BCUT2D eigenvalue weighted by Crippen LogP contribution is 2.33. The SMILES string of the molecule is COC(=O)Cc1c(OC(C)=O)ccc(OC(C)=O)c1CC(=O)CCCC(C)C. The first-order valence-corrected chi connectivity index (χ1v) is 9.24. The number of ether oxygens (including phenoxy) is 3. The highest BCUT2D eigenvalue weighted by atomic mass is 16.5. The van der Waals surface area contributed by atoms with Gasteiger partial charge in [0.05, 0.1) is 13.5 Å². The number of rotatable bonds is 10. The summed E-state index contributed by atoms with van der Waals surface area (Å²) in [7, 11) is 1.24. The number of hydrogen-bond donors (Lipinski definition) is 0. The number of carbonyl (C=O) groups excluding carboxylic acids is 4. The Morgan fingerprint density at radius 1 is 0.893 bits per heavy atom. The highest BCUT2D eigenvalue weighted by molar-refractivity contribution is 5.84. The number of esters is 3. The van der Waals surface area contributed by atoms with E-state index in [2.05, 4.69) is 13.8 Å². The maximum Gasteiger partial charge on any atom is 0.310 e. The average Bonchev–Trinajstić information content (AvgIpc) is 2.58. The molecule has 0 saturated heterocycles. The zero-order valence-corrected chi connectivity index (χ0v) is 17.1. The first kappa shape index (κ1) is 23.3. The molecule has 1 rings (SSSR count). The molecule has 0 amide bonds. The topological polar surface area (TPSA) is 96.0 Å². The second-order valence-electron chi connectivity index (χ2n) is 6.96. The Morgan fingerprint density at radius 3 is 1.82 bits per heavy atom. The lowest BCUT2D eigenvalue weighted by molar-refractivity contribution is -0.140. The molecule has 154 valence electrons. The second kappa shape index (κ2) is 11.2. The van der Waals surface area contributed by atoms with Gasteiger partial charge in [-0.3, -0.25) is 19.2 Å². The summed E-state index contributed by atoms with van der Waals surface area (Å²) in [6.45, 7) is 6.65. The van der Waals surface area contributed by atoms with Gasteiger partial charge in [-0.2, -0.15) is 0 Å². The van der Waals surface area contributed by atoms with Gasteiger partial charge in [0, 0.05) is 37.8 Å². The van der Waals surface area contributed by atoms with E-state index in [0.29, 0.717) is 23.5 Å². The van der Waals surface area contributed by atoms with Gasteiger partial charge in [-0.15, -0.1) is 0 Å². The summed E-state index contributed by atoms with van der Waals surface area (Å²) in [4.78, 5) is 47.3. The predicted octanol–water partition coefficient (Wildman–Crippen LogP) is 3.19. The highest BCUT2D eigenvalue weighted by Gasteiger charge is 2.22. The Morgan fingerprint density at radius 2 is 1.39 bits per heavy atom. The lowest BCUT2D eigenvalue weighted by atomic mass is 9.95. The van der Waals surface area contributed by atoms with E-state index in [-0.39, 0.29) is 30.1 Å². The molecule has 0 radical (unpaired) electrons. The van der Waals surface area contributed by atoms with Gasteiger partial charge in [-0.05, 0) is 24.5 Å². The van der Waals surface area contributed by atoms with Crippen LogP contribution >= 0.6 is 0 Å². The van der Waals surface area contributed by atoms with Crippen LogP contribution in [0.3, 0.4) is 0 Å². The smallest absolute Gasteiger partial charge is 0.310 e. The van der Waals surface area contributed by atoms with E-state index in [1.165, 1.54) is 33.1 Å². The number of carbonyl (C=O) groups is 4. The number of methoxy groups -OCH3 is 1. The summed E-state index contributed by atoms with van der Waals surface area (Å²) < 4.78 is 15.1. The summed E-state index contributed by atoms with van der Waals surface area (Å²) in [5.74, 6) is -0.953. The van der Waals surface area contributed by atoms with Crippen molar-refractivity contribution in [2.24, 2.45) is 5.92 Å². The third-order valence-corrected chi connectivity index (χ3v) is 4.01. The maximum atomic E-state index is 12.5.